The summed E-state index contributed by atoms with van der Waals surface area (Å²) in [7, 11) is 0. The van der Waals surface area contributed by atoms with Crippen molar-refractivity contribution in [1.29, 1.82) is 0 Å². The van der Waals surface area contributed by atoms with Crippen LogP contribution in [0.1, 0.15) is 11.1 Å². The van der Waals surface area contributed by atoms with Crippen LogP contribution in [0.25, 0.3) is 0 Å². The first-order valence-corrected chi connectivity index (χ1v) is 6.15. The summed E-state index contributed by atoms with van der Waals surface area (Å²) in [6, 6.07) is 7.14. The molecule has 0 atom stereocenters. The van der Waals surface area contributed by atoms with Gasteiger partial charge >= 0.3 is 0 Å². The van der Waals surface area contributed by atoms with Gasteiger partial charge in [0.05, 0.1) is 12.1 Å². The maximum Gasteiger partial charge on any atom is 0.165 e. The Kier molecular flexibility index (Phi) is 4.85. The van der Waals surface area contributed by atoms with E-state index in [1.807, 2.05) is 0 Å². The molecule has 0 saturated heterocycles. The van der Waals surface area contributed by atoms with Crippen molar-refractivity contribution in [3.63, 3.8) is 0 Å². The van der Waals surface area contributed by atoms with Crippen molar-refractivity contribution in [2.75, 3.05) is 6.54 Å². The summed E-state index contributed by atoms with van der Waals surface area (Å²) in [4.78, 5) is 0. The second-order valence-electron chi connectivity index (χ2n) is 4.18. The van der Waals surface area contributed by atoms with Crippen molar-refractivity contribution in [2.45, 2.75) is 6.61 Å². The summed E-state index contributed by atoms with van der Waals surface area (Å²) in [5.74, 6) is 3.20. The number of nitrogens with two attached hydrogens (primary N) is 1. The lowest BCUT2D eigenvalue weighted by Gasteiger charge is -2.08. The van der Waals surface area contributed by atoms with E-state index in [-0.39, 0.29) is 24.5 Å². The van der Waals surface area contributed by atoms with Gasteiger partial charge in [0.15, 0.2) is 11.6 Å². The van der Waals surface area contributed by atoms with E-state index in [0.29, 0.717) is 5.56 Å². The Morgan fingerprint density at radius 3 is 2.52 bits per heavy atom. The highest BCUT2D eigenvalue weighted by molar-refractivity contribution is 5.38. The average molecular weight is 291 g/mol. The van der Waals surface area contributed by atoms with E-state index in [1.54, 1.807) is 0 Å². The molecule has 0 fully saturated rings. The Hall–Kier alpha value is -2.45. The largest absolute Gasteiger partial charge is 0.486 e. The van der Waals surface area contributed by atoms with Crippen molar-refractivity contribution in [1.82, 2.24) is 0 Å². The van der Waals surface area contributed by atoms with Gasteiger partial charge in [0.1, 0.15) is 18.2 Å². The van der Waals surface area contributed by atoms with Gasteiger partial charge in [-0.15, -0.1) is 0 Å². The van der Waals surface area contributed by atoms with Crippen LogP contribution >= 0.6 is 0 Å². The third kappa shape index (κ3) is 4.01. The maximum atomic E-state index is 13.5. The van der Waals surface area contributed by atoms with Gasteiger partial charge in [0.2, 0.25) is 0 Å². The highest BCUT2D eigenvalue weighted by Gasteiger charge is 2.07. The lowest BCUT2D eigenvalue weighted by molar-refractivity contribution is 0.288. The predicted molar refractivity (Wildman–Crippen MR) is 73.0 cm³/mol. The molecule has 5 heteroatoms. The topological polar surface area (TPSA) is 35.2 Å². The minimum Gasteiger partial charge on any atom is -0.486 e. The quantitative estimate of drug-likeness (QED) is 0.882. The molecular weight excluding hydrogens is 279 g/mol. The van der Waals surface area contributed by atoms with Crippen molar-refractivity contribution < 1.29 is 17.9 Å². The van der Waals surface area contributed by atoms with Gasteiger partial charge in [0, 0.05) is 6.07 Å². The lowest BCUT2D eigenvalue weighted by Crippen LogP contribution is -1.99. The van der Waals surface area contributed by atoms with E-state index in [1.165, 1.54) is 18.2 Å². The molecule has 0 spiro atoms. The van der Waals surface area contributed by atoms with Crippen molar-refractivity contribution in [3.05, 3.63) is 65.0 Å². The summed E-state index contributed by atoms with van der Waals surface area (Å²) in [6.45, 7) is 0.0899. The molecule has 2 N–H and O–H groups in total. The Morgan fingerprint density at radius 1 is 1.00 bits per heavy atom. The van der Waals surface area contributed by atoms with Crippen LogP contribution in [0.15, 0.2) is 36.4 Å². The molecule has 108 valence electrons. The maximum absolute atomic E-state index is 13.5. The van der Waals surface area contributed by atoms with Crippen LogP contribution in [0.5, 0.6) is 5.75 Å². The molecule has 2 aromatic carbocycles. The fraction of sp³-hybridized carbons (Fsp3) is 0.125. The summed E-state index contributed by atoms with van der Waals surface area (Å²) < 4.78 is 45.1. The third-order valence-electron chi connectivity index (χ3n) is 2.64. The van der Waals surface area contributed by atoms with Crippen LogP contribution in [-0.2, 0) is 6.61 Å². The fourth-order valence-electron chi connectivity index (χ4n) is 1.65. The van der Waals surface area contributed by atoms with Gasteiger partial charge in [-0.2, -0.15) is 0 Å². The first-order chi connectivity index (χ1) is 10.1. The summed E-state index contributed by atoms with van der Waals surface area (Å²) in [5, 5.41) is 0. The minimum atomic E-state index is -0.665. The van der Waals surface area contributed by atoms with Crippen LogP contribution in [0.2, 0.25) is 0 Å². The average Bonchev–Trinajstić information content (AvgIpc) is 2.48. The van der Waals surface area contributed by atoms with Crippen molar-refractivity contribution >= 4 is 0 Å². The van der Waals surface area contributed by atoms with E-state index in [0.717, 1.165) is 18.2 Å². The van der Waals surface area contributed by atoms with Crippen LogP contribution in [0, 0.1) is 29.3 Å². The molecular formula is C16H12F3NO. The highest BCUT2D eigenvalue weighted by atomic mass is 19.1. The first kappa shape index (κ1) is 14.9. The Bertz CT molecular complexity index is 704. The Labute approximate surface area is 120 Å². The Morgan fingerprint density at radius 2 is 1.76 bits per heavy atom. The number of rotatable bonds is 3. The van der Waals surface area contributed by atoms with Crippen LogP contribution in [0.3, 0.4) is 0 Å². The van der Waals surface area contributed by atoms with E-state index in [4.69, 9.17) is 10.5 Å². The smallest absolute Gasteiger partial charge is 0.165 e. The zero-order valence-electron chi connectivity index (χ0n) is 11.0. The van der Waals surface area contributed by atoms with E-state index < -0.39 is 17.5 Å². The Balaban J connectivity index is 2.15. The van der Waals surface area contributed by atoms with E-state index >= 15 is 0 Å². The molecule has 0 aliphatic carbocycles. The number of benzene rings is 2. The van der Waals surface area contributed by atoms with Gasteiger partial charge in [-0.05, 0) is 29.8 Å². The molecule has 0 aliphatic rings. The molecule has 0 heterocycles. The zero-order valence-corrected chi connectivity index (χ0v) is 11.0. The SMILES string of the molecule is NCC#Cc1cc(COc2cc(F)ccc2F)ccc1F. The van der Waals surface area contributed by atoms with Gasteiger partial charge in [0.25, 0.3) is 0 Å². The van der Waals surface area contributed by atoms with Gasteiger partial charge < -0.3 is 10.5 Å². The molecule has 2 aromatic rings. The van der Waals surface area contributed by atoms with Crippen molar-refractivity contribution in [2.24, 2.45) is 5.73 Å². The number of ether oxygens (including phenoxy) is 1. The molecule has 0 radical (unpaired) electrons. The highest BCUT2D eigenvalue weighted by Crippen LogP contribution is 2.20. The fourth-order valence-corrected chi connectivity index (χ4v) is 1.65. The molecule has 21 heavy (non-hydrogen) atoms. The normalized spacial score (nSPS) is 9.90. The second-order valence-corrected chi connectivity index (χ2v) is 4.18. The molecule has 0 aromatic heterocycles. The molecule has 0 bridgehead atoms. The molecule has 0 saturated carbocycles. The van der Waals surface area contributed by atoms with E-state index in [9.17, 15) is 13.2 Å². The van der Waals surface area contributed by atoms with Crippen LogP contribution in [0.4, 0.5) is 13.2 Å². The standard InChI is InChI=1S/C16H12F3NO/c17-13-4-6-15(19)16(9-13)21-10-11-3-5-14(18)12(8-11)2-1-7-20/h3-6,8-9H,7,10,20H2. The molecule has 2 nitrogen and oxygen atoms in total. The van der Waals surface area contributed by atoms with Crippen molar-refractivity contribution in [3.8, 4) is 17.6 Å². The van der Waals surface area contributed by atoms with Gasteiger partial charge in [-0.1, -0.05) is 17.9 Å². The van der Waals surface area contributed by atoms with Crippen LogP contribution < -0.4 is 10.5 Å². The summed E-state index contributed by atoms with van der Waals surface area (Å²) in [5.41, 5.74) is 6.00. The van der Waals surface area contributed by atoms with Gasteiger partial charge in [-0.25, -0.2) is 13.2 Å². The second kappa shape index (κ2) is 6.82. The summed E-state index contributed by atoms with van der Waals surface area (Å²) in [6.07, 6.45) is 0. The first-order valence-electron chi connectivity index (χ1n) is 6.15. The number of hydrogen-bond donors (Lipinski definition) is 1. The minimum absolute atomic E-state index is 0.0298. The zero-order chi connectivity index (χ0) is 15.2. The van der Waals surface area contributed by atoms with Crippen LogP contribution in [-0.4, -0.2) is 6.54 Å². The third-order valence-corrected chi connectivity index (χ3v) is 2.64. The lowest BCUT2D eigenvalue weighted by atomic mass is 10.1. The molecule has 0 aliphatic heterocycles. The summed E-state index contributed by atoms with van der Waals surface area (Å²) >= 11 is 0. The monoisotopic (exact) mass is 291 g/mol. The molecule has 0 unspecified atom stereocenters. The number of hydrogen-bond acceptors (Lipinski definition) is 2. The van der Waals surface area contributed by atoms with E-state index in [2.05, 4.69) is 11.8 Å². The predicted octanol–water partition coefficient (Wildman–Crippen LogP) is 2.99. The number of halogens is 3. The molecule has 0 amide bonds. The van der Waals surface area contributed by atoms with Gasteiger partial charge in [-0.3, -0.25) is 0 Å². The molecule has 2 rings (SSSR count).